The van der Waals surface area contributed by atoms with Gasteiger partial charge in [0.05, 0.1) is 0 Å². The van der Waals surface area contributed by atoms with Crippen LogP contribution in [0, 0.1) is 12.3 Å². The van der Waals surface area contributed by atoms with Gasteiger partial charge in [-0.1, -0.05) is 49.8 Å². The van der Waals surface area contributed by atoms with Crippen molar-refractivity contribution in [1.82, 2.24) is 9.80 Å². The lowest BCUT2D eigenvalue weighted by Crippen LogP contribution is -2.39. The molecule has 0 saturated heterocycles. The summed E-state index contributed by atoms with van der Waals surface area (Å²) in [7, 11) is 6.20. The summed E-state index contributed by atoms with van der Waals surface area (Å²) in [6.45, 7) is 8.82. The maximum absolute atomic E-state index is 12.5. The molecule has 0 N–H and O–H groups in total. The molecule has 0 aliphatic carbocycles. The summed E-state index contributed by atoms with van der Waals surface area (Å²) in [6.07, 6.45) is 3.62. The smallest absolute Gasteiger partial charge is 0.162 e. The van der Waals surface area contributed by atoms with Gasteiger partial charge in [-0.15, -0.1) is 17.0 Å². The zero-order valence-corrected chi connectivity index (χ0v) is 17.0. The van der Waals surface area contributed by atoms with Gasteiger partial charge in [0.25, 0.3) is 0 Å². The fraction of sp³-hybridized carbons (Fsp3) is 0.526. The molecule has 0 aromatic heterocycles. The number of hydrogen-bond donors (Lipinski definition) is 0. The van der Waals surface area contributed by atoms with Gasteiger partial charge in [0.2, 0.25) is 0 Å². The first-order valence-corrected chi connectivity index (χ1v) is 7.83. The highest BCUT2D eigenvalue weighted by Crippen LogP contribution is 2.19. The van der Waals surface area contributed by atoms with Crippen LogP contribution in [0.15, 0.2) is 30.3 Å². The molecule has 0 bridgehead atoms. The second kappa shape index (κ2) is 10.0. The quantitative estimate of drug-likeness (QED) is 0.640. The van der Waals surface area contributed by atoms with E-state index < -0.39 is 0 Å². The van der Waals surface area contributed by atoms with Gasteiger partial charge in [-0.05, 0) is 39.7 Å². The zero-order chi connectivity index (χ0) is 16.8. The van der Waals surface area contributed by atoms with Crippen LogP contribution >= 0.6 is 17.0 Å². The van der Waals surface area contributed by atoms with Crippen LogP contribution in [0.4, 0.5) is 0 Å². The molecule has 0 radical (unpaired) electrons. The van der Waals surface area contributed by atoms with E-state index in [1.807, 2.05) is 32.1 Å². The van der Waals surface area contributed by atoms with Crippen molar-refractivity contribution in [2.75, 3.05) is 40.8 Å². The van der Waals surface area contributed by atoms with Crippen molar-refractivity contribution in [1.29, 1.82) is 0 Å². The van der Waals surface area contributed by atoms with E-state index in [2.05, 4.69) is 50.0 Å². The molecular weight excluding hydrogens is 352 g/mol. The monoisotopic (exact) mass is 382 g/mol. The molecule has 0 unspecified atom stereocenters. The molecule has 0 fully saturated rings. The standard InChI is InChI=1S/C19H30N2O.BrH/c1-16-7-9-17(10-8-16)11-12-18(22)19(2,3)15-21(6)14-13-20(4)5;/h7-12H,13-15H2,1-6H3;1H/b12-11+;. The predicted octanol–water partition coefficient (Wildman–Crippen LogP) is 3.67. The maximum atomic E-state index is 12.5. The highest BCUT2D eigenvalue weighted by molar-refractivity contribution is 8.93. The molecule has 1 aromatic rings. The van der Waals surface area contributed by atoms with Gasteiger partial charge in [-0.2, -0.15) is 0 Å². The van der Waals surface area contributed by atoms with Crippen LogP contribution in [0.2, 0.25) is 0 Å². The molecule has 0 heterocycles. The Morgan fingerprint density at radius 2 is 1.65 bits per heavy atom. The summed E-state index contributed by atoms with van der Waals surface area (Å²) in [5.74, 6) is 0.171. The van der Waals surface area contributed by atoms with Gasteiger partial charge in [-0.3, -0.25) is 4.79 Å². The molecule has 0 aliphatic rings. The number of ketones is 1. The van der Waals surface area contributed by atoms with E-state index >= 15 is 0 Å². The minimum absolute atomic E-state index is 0. The second-order valence-corrected chi connectivity index (χ2v) is 7.03. The molecule has 23 heavy (non-hydrogen) atoms. The number of allylic oxidation sites excluding steroid dienone is 1. The van der Waals surface area contributed by atoms with Gasteiger partial charge in [-0.25, -0.2) is 0 Å². The number of rotatable bonds is 8. The Labute approximate surface area is 152 Å². The van der Waals surface area contributed by atoms with Crippen LogP contribution in [0.1, 0.15) is 25.0 Å². The lowest BCUT2D eigenvalue weighted by atomic mass is 9.87. The Morgan fingerprint density at radius 3 is 2.17 bits per heavy atom. The van der Waals surface area contributed by atoms with Crippen LogP contribution in [0.5, 0.6) is 0 Å². The number of halogens is 1. The van der Waals surface area contributed by atoms with E-state index in [0.717, 1.165) is 25.2 Å². The second-order valence-electron chi connectivity index (χ2n) is 7.03. The third-order valence-corrected chi connectivity index (χ3v) is 3.77. The molecule has 0 atom stereocenters. The molecule has 4 heteroatoms. The van der Waals surface area contributed by atoms with Crippen molar-refractivity contribution in [2.45, 2.75) is 20.8 Å². The Hall–Kier alpha value is -0.970. The number of nitrogens with zero attached hydrogens (tertiary/aromatic N) is 2. The van der Waals surface area contributed by atoms with E-state index in [1.54, 1.807) is 6.08 Å². The van der Waals surface area contributed by atoms with Crippen LogP contribution in [0.25, 0.3) is 6.08 Å². The molecule has 130 valence electrons. The van der Waals surface area contributed by atoms with Crippen LogP contribution in [-0.4, -0.2) is 56.4 Å². The van der Waals surface area contributed by atoms with Gasteiger partial charge in [0, 0.05) is 25.0 Å². The first kappa shape index (κ1) is 22.0. The molecule has 0 amide bonds. The normalized spacial score (nSPS) is 12.0. The van der Waals surface area contributed by atoms with Crippen molar-refractivity contribution < 1.29 is 4.79 Å². The number of hydrogen-bond acceptors (Lipinski definition) is 3. The average Bonchev–Trinajstić information content (AvgIpc) is 2.43. The van der Waals surface area contributed by atoms with E-state index in [-0.39, 0.29) is 28.2 Å². The minimum Gasteiger partial charge on any atom is -0.308 e. The Bertz CT molecular complexity index is 507. The predicted molar refractivity (Wildman–Crippen MR) is 105 cm³/mol. The van der Waals surface area contributed by atoms with Crippen LogP contribution in [-0.2, 0) is 4.79 Å². The van der Waals surface area contributed by atoms with Crippen LogP contribution in [0.3, 0.4) is 0 Å². The van der Waals surface area contributed by atoms with Gasteiger partial charge in [0.1, 0.15) is 0 Å². The summed E-state index contributed by atoms with van der Waals surface area (Å²) in [6, 6.07) is 8.19. The first-order chi connectivity index (χ1) is 10.2. The topological polar surface area (TPSA) is 23.6 Å². The van der Waals surface area contributed by atoms with E-state index in [4.69, 9.17) is 0 Å². The fourth-order valence-corrected chi connectivity index (χ4v) is 2.28. The molecular formula is C19H31BrN2O. The highest BCUT2D eigenvalue weighted by atomic mass is 79.9. The van der Waals surface area contributed by atoms with Crippen molar-refractivity contribution in [3.63, 3.8) is 0 Å². The Kier molecular flexibility index (Phi) is 9.59. The van der Waals surface area contributed by atoms with Gasteiger partial charge < -0.3 is 9.80 Å². The number of benzene rings is 1. The summed E-state index contributed by atoms with van der Waals surface area (Å²) in [5.41, 5.74) is 1.92. The van der Waals surface area contributed by atoms with Gasteiger partial charge >= 0.3 is 0 Å². The SMILES string of the molecule is Br.Cc1ccc(/C=C/C(=O)C(C)(C)CN(C)CCN(C)C)cc1. The molecule has 0 aliphatic heterocycles. The lowest BCUT2D eigenvalue weighted by Gasteiger charge is -2.28. The van der Waals surface area contributed by atoms with Crippen molar-refractivity contribution in [3.05, 3.63) is 41.5 Å². The summed E-state index contributed by atoms with van der Waals surface area (Å²) in [4.78, 5) is 16.8. The van der Waals surface area contributed by atoms with Crippen molar-refractivity contribution >= 4 is 28.8 Å². The molecule has 1 rings (SSSR count). The number of carbonyl (C=O) groups is 1. The first-order valence-electron chi connectivity index (χ1n) is 7.83. The molecule has 1 aromatic carbocycles. The highest BCUT2D eigenvalue weighted by Gasteiger charge is 2.26. The zero-order valence-electron chi connectivity index (χ0n) is 15.3. The van der Waals surface area contributed by atoms with Crippen LogP contribution < -0.4 is 0 Å². The third-order valence-electron chi connectivity index (χ3n) is 3.77. The lowest BCUT2D eigenvalue weighted by molar-refractivity contribution is -0.122. The molecule has 0 saturated carbocycles. The Morgan fingerprint density at radius 1 is 1.09 bits per heavy atom. The third kappa shape index (κ3) is 8.45. The Balaban J connectivity index is 0.00000484. The van der Waals surface area contributed by atoms with Crippen molar-refractivity contribution in [3.8, 4) is 0 Å². The molecule has 3 nitrogen and oxygen atoms in total. The number of likely N-dealkylation sites (N-methyl/N-ethyl adjacent to an activating group) is 2. The van der Waals surface area contributed by atoms with E-state index in [1.165, 1.54) is 5.56 Å². The largest absolute Gasteiger partial charge is 0.308 e. The summed E-state index contributed by atoms with van der Waals surface area (Å²) in [5, 5.41) is 0. The molecule has 0 spiro atoms. The summed E-state index contributed by atoms with van der Waals surface area (Å²) < 4.78 is 0. The number of aryl methyl sites for hydroxylation is 1. The summed E-state index contributed by atoms with van der Waals surface area (Å²) >= 11 is 0. The van der Waals surface area contributed by atoms with E-state index in [9.17, 15) is 4.79 Å². The fourth-order valence-electron chi connectivity index (χ4n) is 2.28. The number of carbonyl (C=O) groups excluding carboxylic acids is 1. The maximum Gasteiger partial charge on any atom is 0.162 e. The average molecular weight is 383 g/mol. The van der Waals surface area contributed by atoms with E-state index in [0.29, 0.717) is 0 Å². The van der Waals surface area contributed by atoms with Crippen molar-refractivity contribution in [2.24, 2.45) is 5.41 Å². The minimum atomic E-state index is -0.373. The van der Waals surface area contributed by atoms with Gasteiger partial charge in [0.15, 0.2) is 5.78 Å².